The van der Waals surface area contributed by atoms with Gasteiger partial charge in [-0.25, -0.2) is 0 Å². The average Bonchev–Trinajstić information content (AvgIpc) is 2.40. The molecule has 19 heavy (non-hydrogen) atoms. The molecule has 1 aromatic rings. The maximum absolute atomic E-state index is 10.9. The summed E-state index contributed by atoms with van der Waals surface area (Å²) >= 11 is 0. The first-order valence-corrected chi connectivity index (χ1v) is 6.74. The number of hydrogen-bond donors (Lipinski definition) is 1. The summed E-state index contributed by atoms with van der Waals surface area (Å²) < 4.78 is 0. The van der Waals surface area contributed by atoms with Gasteiger partial charge in [0.2, 0.25) is 0 Å². The summed E-state index contributed by atoms with van der Waals surface area (Å²) in [5.41, 5.74) is 0.968. The van der Waals surface area contributed by atoms with E-state index in [9.17, 15) is 10.1 Å². The molecule has 0 aliphatic carbocycles. The second kappa shape index (κ2) is 6.12. The molecule has 0 saturated carbocycles. The number of hydrogen-bond acceptors (Lipinski definition) is 4. The van der Waals surface area contributed by atoms with Crippen LogP contribution in [0.3, 0.4) is 0 Å². The van der Waals surface area contributed by atoms with E-state index in [0.717, 1.165) is 24.9 Å². The quantitative estimate of drug-likeness (QED) is 0.668. The summed E-state index contributed by atoms with van der Waals surface area (Å²) in [5, 5.41) is 14.4. The summed E-state index contributed by atoms with van der Waals surface area (Å²) in [4.78, 5) is 13.0. The Bertz CT molecular complexity index is 450. The van der Waals surface area contributed by atoms with Crippen LogP contribution in [-0.4, -0.2) is 35.5 Å². The Morgan fingerprint density at radius 2 is 2.21 bits per heavy atom. The third-order valence-electron chi connectivity index (χ3n) is 3.98. The average molecular weight is 263 g/mol. The Balaban J connectivity index is 1.94. The fourth-order valence-electron chi connectivity index (χ4n) is 2.57. The van der Waals surface area contributed by atoms with Crippen molar-refractivity contribution >= 4 is 5.69 Å². The third-order valence-corrected chi connectivity index (χ3v) is 3.98. The number of nitro groups is 1. The molecule has 1 fully saturated rings. The minimum absolute atomic E-state index is 0.205. The molecule has 1 saturated heterocycles. The number of piperidine rings is 1. The molecular weight excluding hydrogens is 242 g/mol. The molecule has 2 rings (SSSR count). The van der Waals surface area contributed by atoms with Gasteiger partial charge < -0.3 is 10.2 Å². The highest BCUT2D eigenvalue weighted by Crippen LogP contribution is 2.19. The Morgan fingerprint density at radius 3 is 2.89 bits per heavy atom. The summed E-state index contributed by atoms with van der Waals surface area (Å²) in [6.07, 6.45) is 2.19. The van der Waals surface area contributed by atoms with E-state index >= 15 is 0 Å². The zero-order valence-corrected chi connectivity index (χ0v) is 11.5. The fourth-order valence-corrected chi connectivity index (χ4v) is 2.57. The molecule has 0 spiro atoms. The third kappa shape index (κ3) is 3.52. The van der Waals surface area contributed by atoms with Gasteiger partial charge in [0, 0.05) is 30.3 Å². The van der Waals surface area contributed by atoms with Gasteiger partial charge in [-0.05, 0) is 33.4 Å². The van der Waals surface area contributed by atoms with Gasteiger partial charge in [0.15, 0.2) is 0 Å². The van der Waals surface area contributed by atoms with Crippen LogP contribution in [-0.2, 0) is 6.54 Å². The van der Waals surface area contributed by atoms with Gasteiger partial charge in [0.1, 0.15) is 0 Å². The van der Waals surface area contributed by atoms with Crippen LogP contribution in [0.5, 0.6) is 0 Å². The van der Waals surface area contributed by atoms with Crippen molar-refractivity contribution in [1.29, 1.82) is 0 Å². The van der Waals surface area contributed by atoms with Gasteiger partial charge >= 0.3 is 0 Å². The summed E-state index contributed by atoms with van der Waals surface area (Å²) in [5.74, 6) is 0. The van der Waals surface area contributed by atoms with Crippen molar-refractivity contribution in [2.75, 3.05) is 13.6 Å². The lowest BCUT2D eigenvalue weighted by molar-refractivity contribution is -0.385. The van der Waals surface area contributed by atoms with Gasteiger partial charge in [-0.3, -0.25) is 10.1 Å². The maximum Gasteiger partial charge on any atom is 0.273 e. The van der Waals surface area contributed by atoms with Crippen LogP contribution in [0.15, 0.2) is 24.3 Å². The van der Waals surface area contributed by atoms with Crippen molar-refractivity contribution in [2.45, 2.75) is 38.4 Å². The van der Waals surface area contributed by atoms with Gasteiger partial charge in [-0.2, -0.15) is 0 Å². The van der Waals surface area contributed by atoms with Crippen molar-refractivity contribution < 1.29 is 4.92 Å². The number of nitrogens with one attached hydrogen (secondary N) is 1. The second-order valence-electron chi connectivity index (χ2n) is 5.32. The van der Waals surface area contributed by atoms with Gasteiger partial charge in [0.25, 0.3) is 5.69 Å². The number of nitro benzene ring substituents is 1. The van der Waals surface area contributed by atoms with Crippen LogP contribution >= 0.6 is 0 Å². The van der Waals surface area contributed by atoms with Crippen LogP contribution in [0.2, 0.25) is 0 Å². The lowest BCUT2D eigenvalue weighted by Gasteiger charge is -2.35. The van der Waals surface area contributed by atoms with E-state index in [4.69, 9.17) is 0 Å². The molecule has 2 unspecified atom stereocenters. The van der Waals surface area contributed by atoms with E-state index in [-0.39, 0.29) is 10.6 Å². The van der Waals surface area contributed by atoms with Crippen molar-refractivity contribution in [3.05, 3.63) is 39.9 Å². The topological polar surface area (TPSA) is 58.4 Å². The van der Waals surface area contributed by atoms with Crippen molar-refractivity contribution in [3.63, 3.8) is 0 Å². The number of likely N-dealkylation sites (tertiary alicyclic amines) is 1. The fraction of sp³-hybridized carbons (Fsp3) is 0.571. The highest BCUT2D eigenvalue weighted by Gasteiger charge is 2.23. The van der Waals surface area contributed by atoms with E-state index in [1.54, 1.807) is 12.1 Å². The minimum atomic E-state index is -0.311. The molecule has 5 nitrogen and oxygen atoms in total. The van der Waals surface area contributed by atoms with Crippen LogP contribution in [0, 0.1) is 10.1 Å². The molecule has 1 aliphatic heterocycles. The summed E-state index contributed by atoms with van der Waals surface area (Å²) in [7, 11) is 2.14. The first-order valence-electron chi connectivity index (χ1n) is 6.74. The predicted octanol–water partition coefficient (Wildman–Crippen LogP) is 2.17. The number of para-hydroxylation sites is 1. The first kappa shape index (κ1) is 14.0. The van der Waals surface area contributed by atoms with Gasteiger partial charge in [-0.1, -0.05) is 18.2 Å². The number of nitrogens with zero attached hydrogens (tertiary/aromatic N) is 2. The second-order valence-corrected chi connectivity index (χ2v) is 5.32. The normalized spacial score (nSPS) is 24.3. The van der Waals surface area contributed by atoms with Crippen molar-refractivity contribution in [1.82, 2.24) is 10.2 Å². The van der Waals surface area contributed by atoms with Crippen LogP contribution < -0.4 is 5.32 Å². The van der Waals surface area contributed by atoms with Gasteiger partial charge in [0.05, 0.1) is 4.92 Å². The molecule has 0 radical (unpaired) electrons. The van der Waals surface area contributed by atoms with Crippen LogP contribution in [0.1, 0.15) is 25.3 Å². The molecule has 1 heterocycles. The lowest BCUT2D eigenvalue weighted by atomic mass is 9.98. The van der Waals surface area contributed by atoms with E-state index in [2.05, 4.69) is 24.2 Å². The summed E-state index contributed by atoms with van der Waals surface area (Å²) in [6.45, 7) is 3.87. The minimum Gasteiger partial charge on any atom is -0.310 e. The highest BCUT2D eigenvalue weighted by atomic mass is 16.6. The number of rotatable bonds is 4. The smallest absolute Gasteiger partial charge is 0.273 e. The molecule has 2 atom stereocenters. The van der Waals surface area contributed by atoms with E-state index in [0.29, 0.717) is 18.6 Å². The Labute approximate surface area is 113 Å². The van der Waals surface area contributed by atoms with E-state index < -0.39 is 0 Å². The zero-order chi connectivity index (χ0) is 13.8. The standard InChI is InChI=1S/C14H21N3O2/c1-11-9-13(7-8-16(11)2)15-10-12-5-3-4-6-14(12)17(18)19/h3-6,11,13,15H,7-10H2,1-2H3. The largest absolute Gasteiger partial charge is 0.310 e. The lowest BCUT2D eigenvalue weighted by Crippen LogP contribution is -2.45. The molecule has 1 aliphatic rings. The summed E-state index contributed by atoms with van der Waals surface area (Å²) in [6, 6.07) is 7.96. The molecule has 1 aromatic carbocycles. The van der Waals surface area contributed by atoms with Crippen molar-refractivity contribution in [2.24, 2.45) is 0 Å². The molecule has 0 aromatic heterocycles. The molecular formula is C14H21N3O2. The zero-order valence-electron chi connectivity index (χ0n) is 11.5. The SMILES string of the molecule is CC1CC(NCc2ccccc2[N+](=O)[O-])CCN1C. The number of benzene rings is 1. The maximum atomic E-state index is 10.9. The Morgan fingerprint density at radius 1 is 1.47 bits per heavy atom. The van der Waals surface area contributed by atoms with Crippen molar-refractivity contribution in [3.8, 4) is 0 Å². The molecule has 0 bridgehead atoms. The van der Waals surface area contributed by atoms with Gasteiger partial charge in [-0.15, -0.1) is 0 Å². The Hall–Kier alpha value is -1.46. The molecule has 5 heteroatoms. The highest BCUT2D eigenvalue weighted by molar-refractivity contribution is 5.39. The molecule has 1 N–H and O–H groups in total. The Kier molecular flexibility index (Phi) is 4.50. The molecule has 0 amide bonds. The van der Waals surface area contributed by atoms with E-state index in [1.807, 2.05) is 12.1 Å². The van der Waals surface area contributed by atoms with Crippen LogP contribution in [0.25, 0.3) is 0 Å². The molecule has 104 valence electrons. The monoisotopic (exact) mass is 263 g/mol. The predicted molar refractivity (Wildman–Crippen MR) is 75.1 cm³/mol. The first-order chi connectivity index (χ1) is 9.08. The van der Waals surface area contributed by atoms with Crippen LogP contribution in [0.4, 0.5) is 5.69 Å². The van der Waals surface area contributed by atoms with E-state index in [1.165, 1.54) is 0 Å².